The van der Waals surface area contributed by atoms with Crippen LogP contribution in [-0.2, 0) is 0 Å². The van der Waals surface area contributed by atoms with Crippen molar-refractivity contribution in [1.29, 1.82) is 0 Å². The molecule has 2 aromatic rings. The van der Waals surface area contributed by atoms with Gasteiger partial charge >= 0.3 is 0 Å². The predicted octanol–water partition coefficient (Wildman–Crippen LogP) is 3.40. The van der Waals surface area contributed by atoms with Crippen LogP contribution in [0.25, 0.3) is 17.0 Å². The summed E-state index contributed by atoms with van der Waals surface area (Å²) < 4.78 is 0. The molecule has 4 heterocycles. The average Bonchev–Trinajstić information content (AvgIpc) is 2.61. The fraction of sp³-hybridized carbons (Fsp3) is 0.421. The van der Waals surface area contributed by atoms with Gasteiger partial charge in [-0.2, -0.15) is 0 Å². The summed E-state index contributed by atoms with van der Waals surface area (Å²) in [6.07, 6.45) is 5.05. The first-order valence-corrected chi connectivity index (χ1v) is 8.20. The lowest BCUT2D eigenvalue weighted by atomic mass is 9.80. The Hall–Kier alpha value is -1.71. The van der Waals surface area contributed by atoms with Gasteiger partial charge in [0.2, 0.25) is 0 Å². The second-order valence-electron chi connectivity index (χ2n) is 6.58. The van der Waals surface area contributed by atoms with Crippen molar-refractivity contribution < 1.29 is 5.11 Å². The van der Waals surface area contributed by atoms with Crippen LogP contribution in [0.3, 0.4) is 0 Å². The molecule has 3 aliphatic heterocycles. The largest absolute Gasteiger partial charge is 0.385 e. The minimum absolute atomic E-state index is 0.236. The Morgan fingerprint density at radius 1 is 1.23 bits per heavy atom. The Morgan fingerprint density at radius 3 is 2.73 bits per heavy atom. The average molecular weight is 294 g/mol. The number of fused-ring (bicyclic) bond motifs is 4. The number of aromatic nitrogens is 1. The molecule has 3 fully saturated rings. The minimum atomic E-state index is -0.486. The molecule has 3 nitrogen and oxygen atoms in total. The smallest absolute Gasteiger partial charge is 0.111 e. The number of pyridine rings is 1. The fourth-order valence-corrected chi connectivity index (χ4v) is 4.07. The van der Waals surface area contributed by atoms with E-state index in [4.69, 9.17) is 4.98 Å². The zero-order valence-electron chi connectivity index (χ0n) is 12.8. The molecule has 2 bridgehead atoms. The lowest BCUT2D eigenvalue weighted by molar-refractivity contribution is -0.0283. The fourth-order valence-electron chi connectivity index (χ4n) is 4.07. The van der Waals surface area contributed by atoms with Crippen LogP contribution in [-0.4, -0.2) is 34.1 Å². The van der Waals surface area contributed by atoms with Crippen LogP contribution < -0.4 is 0 Å². The summed E-state index contributed by atoms with van der Waals surface area (Å²) >= 11 is 0. The Bertz CT molecular complexity index is 704. The predicted molar refractivity (Wildman–Crippen MR) is 89.5 cm³/mol. The lowest BCUT2D eigenvalue weighted by Crippen LogP contribution is -2.51. The van der Waals surface area contributed by atoms with Gasteiger partial charge in [-0.05, 0) is 56.0 Å². The first kappa shape index (κ1) is 13.9. The highest BCUT2D eigenvalue weighted by atomic mass is 16.3. The van der Waals surface area contributed by atoms with Crippen molar-refractivity contribution in [2.45, 2.75) is 31.4 Å². The van der Waals surface area contributed by atoms with Gasteiger partial charge in [0.15, 0.2) is 0 Å². The zero-order chi connectivity index (χ0) is 15.1. The maximum absolute atomic E-state index is 10.8. The molecule has 0 radical (unpaired) electrons. The topological polar surface area (TPSA) is 36.4 Å². The van der Waals surface area contributed by atoms with Crippen molar-refractivity contribution in [1.82, 2.24) is 9.88 Å². The van der Waals surface area contributed by atoms with Crippen molar-refractivity contribution in [3.63, 3.8) is 0 Å². The molecule has 3 heteroatoms. The maximum atomic E-state index is 10.8. The molecule has 0 spiro atoms. The van der Waals surface area contributed by atoms with Gasteiger partial charge < -0.3 is 5.11 Å². The number of piperidine rings is 3. The van der Waals surface area contributed by atoms with Gasteiger partial charge in [0.1, 0.15) is 6.10 Å². The van der Waals surface area contributed by atoms with Crippen molar-refractivity contribution in [3.05, 3.63) is 48.2 Å². The third-order valence-corrected chi connectivity index (χ3v) is 5.37. The number of aliphatic hydroxyl groups excluding tert-OH is 1. The van der Waals surface area contributed by atoms with Crippen LogP contribution in [0, 0.1) is 5.92 Å². The number of hydrogen-bond donors (Lipinski definition) is 1. The summed E-state index contributed by atoms with van der Waals surface area (Å²) in [5.74, 6) is 0.789. The van der Waals surface area contributed by atoms with E-state index < -0.39 is 6.10 Å². The molecule has 114 valence electrons. The molecule has 2 unspecified atom stereocenters. The van der Waals surface area contributed by atoms with E-state index in [0.29, 0.717) is 0 Å². The van der Waals surface area contributed by atoms with Crippen LogP contribution in [0.1, 0.15) is 36.6 Å². The van der Waals surface area contributed by atoms with E-state index in [0.717, 1.165) is 47.6 Å². The van der Waals surface area contributed by atoms with E-state index in [2.05, 4.69) is 17.5 Å². The molecule has 0 amide bonds. The second-order valence-corrected chi connectivity index (χ2v) is 6.58. The monoisotopic (exact) mass is 294 g/mol. The van der Waals surface area contributed by atoms with E-state index in [-0.39, 0.29) is 6.04 Å². The Kier molecular flexibility index (Phi) is 3.47. The molecule has 22 heavy (non-hydrogen) atoms. The highest BCUT2D eigenvalue weighted by Gasteiger charge is 2.38. The van der Waals surface area contributed by atoms with Crippen LogP contribution in [0.4, 0.5) is 0 Å². The standard InChI is InChI=1S/C19H22N2O/c1-2-14-4-3-5-16-15(14)6-7-17(20-16)19(22)18-12-13-8-10-21(18)11-9-13/h2-7,13,18-19,22H,1,8-12H2. The molecule has 2 atom stereocenters. The van der Waals surface area contributed by atoms with Crippen molar-refractivity contribution in [2.75, 3.05) is 13.1 Å². The molecule has 1 N–H and O–H groups in total. The number of hydrogen-bond acceptors (Lipinski definition) is 3. The number of rotatable bonds is 3. The second kappa shape index (κ2) is 5.49. The van der Waals surface area contributed by atoms with Gasteiger partial charge in [-0.15, -0.1) is 0 Å². The molecule has 0 aliphatic carbocycles. The first-order valence-electron chi connectivity index (χ1n) is 8.20. The molecular formula is C19H22N2O. The van der Waals surface area contributed by atoms with Crippen LogP contribution in [0.2, 0.25) is 0 Å². The summed E-state index contributed by atoms with van der Waals surface area (Å²) in [7, 11) is 0. The Labute approximate surface area is 131 Å². The van der Waals surface area contributed by atoms with E-state index in [9.17, 15) is 5.11 Å². The third kappa shape index (κ3) is 2.25. The Balaban J connectivity index is 1.67. The van der Waals surface area contributed by atoms with E-state index in [1.54, 1.807) is 0 Å². The van der Waals surface area contributed by atoms with Gasteiger partial charge in [0.05, 0.1) is 11.2 Å². The zero-order valence-corrected chi connectivity index (χ0v) is 12.8. The van der Waals surface area contributed by atoms with E-state index in [1.807, 2.05) is 30.3 Å². The van der Waals surface area contributed by atoms with Gasteiger partial charge in [-0.3, -0.25) is 4.90 Å². The summed E-state index contributed by atoms with van der Waals surface area (Å²) in [6, 6.07) is 10.3. The van der Waals surface area contributed by atoms with Crippen molar-refractivity contribution in [3.8, 4) is 0 Å². The van der Waals surface area contributed by atoms with Gasteiger partial charge in [0.25, 0.3) is 0 Å². The summed E-state index contributed by atoms with van der Waals surface area (Å²) in [5, 5.41) is 11.9. The molecular weight excluding hydrogens is 272 g/mol. The number of aliphatic hydroxyl groups is 1. The van der Waals surface area contributed by atoms with Gasteiger partial charge in [-0.1, -0.05) is 30.9 Å². The first-order chi connectivity index (χ1) is 10.8. The van der Waals surface area contributed by atoms with Crippen LogP contribution in [0.5, 0.6) is 0 Å². The normalized spacial score (nSPS) is 28.7. The lowest BCUT2D eigenvalue weighted by Gasteiger charge is -2.47. The third-order valence-electron chi connectivity index (χ3n) is 5.37. The molecule has 3 aliphatic rings. The van der Waals surface area contributed by atoms with Crippen LogP contribution in [0.15, 0.2) is 36.9 Å². The maximum Gasteiger partial charge on any atom is 0.111 e. The highest BCUT2D eigenvalue weighted by Crippen LogP contribution is 2.37. The molecule has 1 aromatic heterocycles. The molecule has 3 saturated heterocycles. The molecule has 5 rings (SSSR count). The van der Waals surface area contributed by atoms with Gasteiger partial charge in [0, 0.05) is 11.4 Å². The quantitative estimate of drug-likeness (QED) is 0.942. The molecule has 0 saturated carbocycles. The highest BCUT2D eigenvalue weighted by molar-refractivity contribution is 5.87. The Morgan fingerprint density at radius 2 is 2.05 bits per heavy atom. The van der Waals surface area contributed by atoms with E-state index in [1.165, 1.54) is 12.8 Å². The van der Waals surface area contributed by atoms with E-state index >= 15 is 0 Å². The van der Waals surface area contributed by atoms with Gasteiger partial charge in [-0.25, -0.2) is 4.98 Å². The summed E-state index contributed by atoms with van der Waals surface area (Å²) in [6.45, 7) is 6.11. The molecule has 1 aromatic carbocycles. The summed E-state index contributed by atoms with van der Waals surface area (Å²) in [5.41, 5.74) is 2.82. The number of nitrogens with zero attached hydrogens (tertiary/aromatic N) is 2. The van der Waals surface area contributed by atoms with Crippen molar-refractivity contribution >= 4 is 17.0 Å². The van der Waals surface area contributed by atoms with Crippen molar-refractivity contribution in [2.24, 2.45) is 5.92 Å². The summed E-state index contributed by atoms with van der Waals surface area (Å²) in [4.78, 5) is 7.16. The van der Waals surface area contributed by atoms with Crippen LogP contribution >= 0.6 is 0 Å². The number of benzene rings is 1. The SMILES string of the molecule is C=Cc1cccc2nc(C(O)C3CC4CCN3CC4)ccc12. The minimum Gasteiger partial charge on any atom is -0.385 e.